The fourth-order valence-corrected chi connectivity index (χ4v) is 2.69. The highest BCUT2D eigenvalue weighted by Crippen LogP contribution is 2.20. The van der Waals surface area contributed by atoms with Gasteiger partial charge >= 0.3 is 0 Å². The number of hydrogen-bond donors (Lipinski definition) is 1. The molecule has 1 fully saturated rings. The summed E-state index contributed by atoms with van der Waals surface area (Å²) in [6, 6.07) is 0.556. The summed E-state index contributed by atoms with van der Waals surface area (Å²) in [6.45, 7) is 10.1. The van der Waals surface area contributed by atoms with Crippen molar-refractivity contribution in [3.63, 3.8) is 0 Å². The maximum atomic E-state index is 5.38. The molecular weight excluding hydrogens is 212 g/mol. The number of likely N-dealkylation sites (tertiary alicyclic amines) is 1. The Morgan fingerprint density at radius 3 is 2.88 bits per heavy atom. The Hall–Kier alpha value is -0.120. The minimum Gasteiger partial charge on any atom is -0.383 e. The Kier molecular flexibility index (Phi) is 7.82. The van der Waals surface area contributed by atoms with E-state index in [1.807, 2.05) is 7.11 Å². The zero-order valence-corrected chi connectivity index (χ0v) is 11.9. The highest BCUT2D eigenvalue weighted by molar-refractivity contribution is 4.80. The van der Waals surface area contributed by atoms with Crippen molar-refractivity contribution in [2.24, 2.45) is 5.92 Å². The molecule has 0 bridgehead atoms. The Bertz CT molecular complexity index is 187. The van der Waals surface area contributed by atoms with E-state index in [1.165, 1.54) is 38.8 Å². The van der Waals surface area contributed by atoms with Crippen LogP contribution in [0, 0.1) is 5.92 Å². The monoisotopic (exact) mass is 242 g/mol. The molecule has 102 valence electrons. The van der Waals surface area contributed by atoms with Crippen LogP contribution in [0.15, 0.2) is 0 Å². The molecule has 1 N–H and O–H groups in total. The molecule has 0 saturated carbocycles. The first-order valence-corrected chi connectivity index (χ1v) is 7.25. The van der Waals surface area contributed by atoms with Crippen LogP contribution in [0.5, 0.6) is 0 Å². The first kappa shape index (κ1) is 14.9. The van der Waals surface area contributed by atoms with E-state index in [0.29, 0.717) is 6.04 Å². The van der Waals surface area contributed by atoms with Crippen molar-refractivity contribution in [1.29, 1.82) is 0 Å². The molecule has 3 nitrogen and oxygen atoms in total. The normalized spacial score (nSPS) is 23.8. The minimum absolute atomic E-state index is 0.556. The summed E-state index contributed by atoms with van der Waals surface area (Å²) >= 11 is 0. The van der Waals surface area contributed by atoms with E-state index >= 15 is 0 Å². The van der Waals surface area contributed by atoms with E-state index in [4.69, 9.17) is 4.74 Å². The molecule has 1 aliphatic heterocycles. The molecule has 0 radical (unpaired) electrons. The molecule has 0 aromatic rings. The predicted molar refractivity (Wildman–Crippen MR) is 73.4 cm³/mol. The number of nitrogens with zero attached hydrogens (tertiary/aromatic N) is 1. The summed E-state index contributed by atoms with van der Waals surface area (Å²) in [4.78, 5) is 2.63. The Balaban J connectivity index is 2.38. The van der Waals surface area contributed by atoms with Crippen molar-refractivity contribution >= 4 is 0 Å². The van der Waals surface area contributed by atoms with Gasteiger partial charge < -0.3 is 10.1 Å². The van der Waals surface area contributed by atoms with E-state index in [-0.39, 0.29) is 0 Å². The summed E-state index contributed by atoms with van der Waals surface area (Å²) in [7, 11) is 1.81. The van der Waals surface area contributed by atoms with Crippen LogP contribution >= 0.6 is 0 Å². The van der Waals surface area contributed by atoms with Crippen molar-refractivity contribution < 1.29 is 4.74 Å². The van der Waals surface area contributed by atoms with Gasteiger partial charge in [0, 0.05) is 26.2 Å². The van der Waals surface area contributed by atoms with Crippen molar-refractivity contribution in [3.05, 3.63) is 0 Å². The minimum atomic E-state index is 0.556. The molecule has 1 heterocycles. The maximum absolute atomic E-state index is 5.38. The molecule has 2 unspecified atom stereocenters. The number of piperidine rings is 1. The summed E-state index contributed by atoms with van der Waals surface area (Å²) in [6.07, 6.45) is 5.29. The quantitative estimate of drug-likeness (QED) is 0.660. The van der Waals surface area contributed by atoms with Gasteiger partial charge in [-0.2, -0.15) is 0 Å². The maximum Gasteiger partial charge on any atom is 0.0630 e. The Morgan fingerprint density at radius 1 is 1.41 bits per heavy atom. The topological polar surface area (TPSA) is 24.5 Å². The first-order chi connectivity index (χ1) is 8.31. The molecule has 0 amide bonds. The van der Waals surface area contributed by atoms with Gasteiger partial charge in [-0.15, -0.1) is 0 Å². The smallest absolute Gasteiger partial charge is 0.0630 e. The number of rotatable bonds is 8. The standard InChI is InChI=1S/C14H30N2O/c1-4-8-15-10-14(12-17-3)16-9-6-7-13(5-2)11-16/h13-15H,4-12H2,1-3H3. The zero-order valence-electron chi connectivity index (χ0n) is 11.9. The Labute approximate surface area is 107 Å². The van der Waals surface area contributed by atoms with Gasteiger partial charge in [0.05, 0.1) is 6.61 Å². The highest BCUT2D eigenvalue weighted by atomic mass is 16.5. The van der Waals surface area contributed by atoms with Gasteiger partial charge in [-0.3, -0.25) is 4.90 Å². The molecular formula is C14H30N2O. The van der Waals surface area contributed by atoms with Crippen LogP contribution in [0.2, 0.25) is 0 Å². The van der Waals surface area contributed by atoms with Gasteiger partial charge in [-0.25, -0.2) is 0 Å². The molecule has 0 aromatic heterocycles. The van der Waals surface area contributed by atoms with Crippen LogP contribution in [0.1, 0.15) is 39.5 Å². The number of methoxy groups -OCH3 is 1. The van der Waals surface area contributed by atoms with Gasteiger partial charge in [0.15, 0.2) is 0 Å². The average molecular weight is 242 g/mol. The van der Waals surface area contributed by atoms with Gasteiger partial charge in [0.1, 0.15) is 0 Å². The predicted octanol–water partition coefficient (Wildman–Crippen LogP) is 2.12. The zero-order chi connectivity index (χ0) is 12.5. The average Bonchev–Trinajstić information content (AvgIpc) is 2.38. The van der Waals surface area contributed by atoms with Gasteiger partial charge in [0.25, 0.3) is 0 Å². The molecule has 1 rings (SSSR count). The summed E-state index contributed by atoms with van der Waals surface area (Å²) in [5.41, 5.74) is 0. The molecule has 17 heavy (non-hydrogen) atoms. The van der Waals surface area contributed by atoms with Crippen molar-refractivity contribution in [2.45, 2.75) is 45.6 Å². The van der Waals surface area contributed by atoms with Crippen molar-refractivity contribution in [1.82, 2.24) is 10.2 Å². The largest absolute Gasteiger partial charge is 0.383 e. The van der Waals surface area contributed by atoms with Crippen molar-refractivity contribution in [2.75, 3.05) is 39.9 Å². The molecule has 1 saturated heterocycles. The fourth-order valence-electron chi connectivity index (χ4n) is 2.69. The second kappa shape index (κ2) is 8.90. The van der Waals surface area contributed by atoms with E-state index in [0.717, 1.165) is 25.6 Å². The lowest BCUT2D eigenvalue weighted by Crippen LogP contribution is -2.49. The Morgan fingerprint density at radius 2 is 2.24 bits per heavy atom. The van der Waals surface area contributed by atoms with Gasteiger partial charge in [-0.1, -0.05) is 20.3 Å². The highest BCUT2D eigenvalue weighted by Gasteiger charge is 2.24. The first-order valence-electron chi connectivity index (χ1n) is 7.25. The van der Waals surface area contributed by atoms with E-state index in [2.05, 4.69) is 24.1 Å². The number of nitrogens with one attached hydrogen (secondary N) is 1. The van der Waals surface area contributed by atoms with Gasteiger partial charge in [-0.05, 0) is 38.3 Å². The van der Waals surface area contributed by atoms with Crippen LogP contribution in [-0.4, -0.2) is 50.8 Å². The lowest BCUT2D eigenvalue weighted by atomic mass is 9.94. The number of hydrogen-bond acceptors (Lipinski definition) is 3. The van der Waals surface area contributed by atoms with E-state index < -0.39 is 0 Å². The molecule has 1 aliphatic rings. The molecule has 2 atom stereocenters. The van der Waals surface area contributed by atoms with Crippen LogP contribution in [-0.2, 0) is 4.74 Å². The van der Waals surface area contributed by atoms with E-state index in [9.17, 15) is 0 Å². The lowest BCUT2D eigenvalue weighted by molar-refractivity contribution is 0.0585. The van der Waals surface area contributed by atoms with Crippen LogP contribution in [0.25, 0.3) is 0 Å². The SMILES string of the molecule is CCCNCC(COC)N1CCCC(CC)C1. The summed E-state index contributed by atoms with van der Waals surface area (Å²) in [5.74, 6) is 0.897. The molecule has 3 heteroatoms. The number of ether oxygens (including phenoxy) is 1. The van der Waals surface area contributed by atoms with Crippen molar-refractivity contribution in [3.8, 4) is 0 Å². The van der Waals surface area contributed by atoms with E-state index in [1.54, 1.807) is 0 Å². The molecule has 0 aromatic carbocycles. The van der Waals surface area contributed by atoms with Crippen LogP contribution in [0.3, 0.4) is 0 Å². The third kappa shape index (κ3) is 5.36. The molecule has 0 spiro atoms. The molecule has 0 aliphatic carbocycles. The van der Waals surface area contributed by atoms with Crippen LogP contribution < -0.4 is 5.32 Å². The second-order valence-corrected chi connectivity index (χ2v) is 5.22. The second-order valence-electron chi connectivity index (χ2n) is 5.22. The lowest BCUT2D eigenvalue weighted by Gasteiger charge is -2.38. The van der Waals surface area contributed by atoms with Crippen LogP contribution in [0.4, 0.5) is 0 Å². The summed E-state index contributed by atoms with van der Waals surface area (Å²) in [5, 5.41) is 3.53. The summed E-state index contributed by atoms with van der Waals surface area (Å²) < 4.78 is 5.38. The third-order valence-electron chi connectivity index (χ3n) is 3.81. The fraction of sp³-hybridized carbons (Fsp3) is 1.00. The third-order valence-corrected chi connectivity index (χ3v) is 3.81. The van der Waals surface area contributed by atoms with Gasteiger partial charge in [0.2, 0.25) is 0 Å².